The van der Waals surface area contributed by atoms with E-state index in [1.165, 1.54) is 10.9 Å². The fourth-order valence-electron chi connectivity index (χ4n) is 1.25. The molecule has 78 valence electrons. The van der Waals surface area contributed by atoms with Gasteiger partial charge in [0, 0.05) is 6.92 Å². The summed E-state index contributed by atoms with van der Waals surface area (Å²) in [5.41, 5.74) is 0.289. The molecule has 2 aromatic heterocycles. The van der Waals surface area contributed by atoms with Crippen LogP contribution < -0.4 is 0 Å². The number of aryl methyl sites for hydroxylation is 1. The van der Waals surface area contributed by atoms with Gasteiger partial charge in [-0.2, -0.15) is 10.5 Å². The first-order valence-electron chi connectivity index (χ1n) is 4.39. The first kappa shape index (κ1) is 9.87. The normalized spacial score (nSPS) is 9.69. The van der Waals surface area contributed by atoms with Crippen LogP contribution in [0, 0.1) is 29.6 Å². The Balaban J connectivity index is 2.33. The van der Waals surface area contributed by atoms with Crippen molar-refractivity contribution in [2.75, 3.05) is 0 Å². The summed E-state index contributed by atoms with van der Waals surface area (Å²) in [6.45, 7) is 1.91. The summed E-state index contributed by atoms with van der Waals surface area (Å²) in [4.78, 5) is 3.80. The zero-order valence-corrected chi connectivity index (χ0v) is 8.38. The number of aromatic nitrogens is 4. The summed E-state index contributed by atoms with van der Waals surface area (Å²) < 4.78 is 6.66. The summed E-state index contributed by atoms with van der Waals surface area (Å²) >= 11 is 0. The third-order valence-corrected chi connectivity index (χ3v) is 1.92. The van der Waals surface area contributed by atoms with Crippen molar-refractivity contribution >= 4 is 0 Å². The van der Waals surface area contributed by atoms with Crippen molar-refractivity contribution in [2.45, 2.75) is 13.5 Å². The largest absolute Gasteiger partial charge is 0.424 e. The van der Waals surface area contributed by atoms with E-state index in [9.17, 15) is 0 Å². The molecule has 0 aliphatic carbocycles. The second-order valence-corrected chi connectivity index (χ2v) is 3.01. The number of hydrogen-bond acceptors (Lipinski definition) is 6. The van der Waals surface area contributed by atoms with E-state index in [0.29, 0.717) is 11.8 Å². The fraction of sp³-hybridized carbons (Fsp3) is 0.222. The van der Waals surface area contributed by atoms with Gasteiger partial charge in [0.15, 0.2) is 11.4 Å². The predicted molar refractivity (Wildman–Crippen MR) is 49.8 cm³/mol. The van der Waals surface area contributed by atoms with Crippen LogP contribution in [0.4, 0.5) is 0 Å². The van der Waals surface area contributed by atoms with Crippen molar-refractivity contribution in [3.63, 3.8) is 0 Å². The maximum absolute atomic E-state index is 8.87. The minimum absolute atomic E-state index is 0.0961. The van der Waals surface area contributed by atoms with Gasteiger partial charge in [0.25, 0.3) is 0 Å². The van der Waals surface area contributed by atoms with E-state index >= 15 is 0 Å². The number of hydrogen-bond donors (Lipinski definition) is 0. The zero-order valence-electron chi connectivity index (χ0n) is 8.38. The number of imidazole rings is 1. The van der Waals surface area contributed by atoms with Crippen LogP contribution >= 0.6 is 0 Å². The molecule has 0 radical (unpaired) electrons. The molecule has 0 spiro atoms. The second kappa shape index (κ2) is 3.83. The van der Waals surface area contributed by atoms with Gasteiger partial charge in [-0.1, -0.05) is 0 Å². The van der Waals surface area contributed by atoms with E-state index in [1.54, 1.807) is 6.92 Å². The third kappa shape index (κ3) is 1.62. The monoisotopic (exact) mass is 214 g/mol. The first-order chi connectivity index (χ1) is 7.74. The Morgan fingerprint density at radius 2 is 2.19 bits per heavy atom. The molecule has 0 bridgehead atoms. The minimum Gasteiger partial charge on any atom is -0.424 e. The summed E-state index contributed by atoms with van der Waals surface area (Å²) in [6.07, 6.45) is 1.40. The van der Waals surface area contributed by atoms with Crippen molar-refractivity contribution in [1.29, 1.82) is 10.5 Å². The molecular weight excluding hydrogens is 208 g/mol. The Hall–Kier alpha value is -2.67. The molecule has 0 N–H and O–H groups in total. The Morgan fingerprint density at radius 1 is 1.38 bits per heavy atom. The lowest BCUT2D eigenvalue weighted by Crippen LogP contribution is -2.01. The van der Waals surface area contributed by atoms with Crippen LogP contribution in [0.15, 0.2) is 10.7 Å². The third-order valence-electron chi connectivity index (χ3n) is 1.92. The molecule has 2 aromatic rings. The molecule has 2 heterocycles. The molecule has 16 heavy (non-hydrogen) atoms. The molecule has 0 saturated heterocycles. The van der Waals surface area contributed by atoms with E-state index in [4.69, 9.17) is 14.9 Å². The van der Waals surface area contributed by atoms with Gasteiger partial charge in [0.2, 0.25) is 11.8 Å². The van der Waals surface area contributed by atoms with Crippen molar-refractivity contribution < 1.29 is 4.42 Å². The van der Waals surface area contributed by atoms with E-state index in [2.05, 4.69) is 15.2 Å². The van der Waals surface area contributed by atoms with Crippen molar-refractivity contribution in [2.24, 2.45) is 0 Å². The number of nitriles is 2. The lowest BCUT2D eigenvalue weighted by atomic mass is 10.3. The van der Waals surface area contributed by atoms with Gasteiger partial charge in [-0.05, 0) is 0 Å². The Kier molecular flexibility index (Phi) is 2.36. The van der Waals surface area contributed by atoms with Crippen LogP contribution in [0.2, 0.25) is 0 Å². The molecule has 0 atom stereocenters. The summed E-state index contributed by atoms with van der Waals surface area (Å²) in [6, 6.07) is 3.75. The quantitative estimate of drug-likeness (QED) is 0.714. The topological polar surface area (TPSA) is 104 Å². The van der Waals surface area contributed by atoms with E-state index in [0.717, 1.165) is 0 Å². The average molecular weight is 214 g/mol. The zero-order chi connectivity index (χ0) is 11.5. The van der Waals surface area contributed by atoms with E-state index in [-0.39, 0.29) is 17.9 Å². The fourth-order valence-corrected chi connectivity index (χ4v) is 1.25. The molecule has 0 aliphatic rings. The molecule has 7 heteroatoms. The standard InChI is InChI=1S/C9H6N6O/c1-6-13-14-9(16-6)4-15-5-12-7(2-10)8(15)3-11/h5H,4H2,1H3. The van der Waals surface area contributed by atoms with Crippen molar-refractivity contribution in [1.82, 2.24) is 19.7 Å². The highest BCUT2D eigenvalue weighted by molar-refractivity contribution is 5.36. The van der Waals surface area contributed by atoms with Gasteiger partial charge < -0.3 is 8.98 Å². The molecule has 0 aromatic carbocycles. The lowest BCUT2D eigenvalue weighted by Gasteiger charge is -1.97. The Bertz CT molecular complexity index is 596. The molecule has 0 fully saturated rings. The van der Waals surface area contributed by atoms with Gasteiger partial charge in [-0.15, -0.1) is 10.2 Å². The van der Waals surface area contributed by atoms with Crippen LogP contribution in [0.25, 0.3) is 0 Å². The second-order valence-electron chi connectivity index (χ2n) is 3.01. The highest BCUT2D eigenvalue weighted by Crippen LogP contribution is 2.08. The first-order valence-corrected chi connectivity index (χ1v) is 4.39. The molecule has 0 unspecified atom stereocenters. The van der Waals surface area contributed by atoms with E-state index < -0.39 is 0 Å². The summed E-state index contributed by atoms with van der Waals surface area (Å²) in [5, 5.41) is 25.0. The highest BCUT2D eigenvalue weighted by atomic mass is 16.4. The Morgan fingerprint density at radius 3 is 2.75 bits per heavy atom. The molecule has 2 rings (SSSR count). The molecular formula is C9H6N6O. The van der Waals surface area contributed by atoms with Crippen LogP contribution in [-0.4, -0.2) is 19.7 Å². The Labute approximate surface area is 90.6 Å². The molecule has 0 saturated carbocycles. The molecule has 0 amide bonds. The van der Waals surface area contributed by atoms with E-state index in [1.807, 2.05) is 12.1 Å². The SMILES string of the molecule is Cc1nnc(Cn2cnc(C#N)c2C#N)o1. The van der Waals surface area contributed by atoms with Gasteiger partial charge in [-0.3, -0.25) is 0 Å². The van der Waals surface area contributed by atoms with Crippen LogP contribution in [0.5, 0.6) is 0 Å². The van der Waals surface area contributed by atoms with Gasteiger partial charge >= 0.3 is 0 Å². The van der Waals surface area contributed by atoms with Gasteiger partial charge in [0.05, 0.1) is 6.33 Å². The lowest BCUT2D eigenvalue weighted by molar-refractivity contribution is 0.454. The van der Waals surface area contributed by atoms with Crippen molar-refractivity contribution in [3.05, 3.63) is 29.5 Å². The maximum atomic E-state index is 8.87. The van der Waals surface area contributed by atoms with Crippen LogP contribution in [-0.2, 0) is 6.54 Å². The number of rotatable bonds is 2. The highest BCUT2D eigenvalue weighted by Gasteiger charge is 2.12. The van der Waals surface area contributed by atoms with Gasteiger partial charge in [-0.25, -0.2) is 4.98 Å². The average Bonchev–Trinajstić information content (AvgIpc) is 2.85. The molecule has 0 aliphatic heterocycles. The number of nitrogens with zero attached hydrogens (tertiary/aromatic N) is 6. The van der Waals surface area contributed by atoms with Gasteiger partial charge in [0.1, 0.15) is 18.7 Å². The van der Waals surface area contributed by atoms with Crippen molar-refractivity contribution in [3.8, 4) is 12.1 Å². The van der Waals surface area contributed by atoms with Crippen LogP contribution in [0.3, 0.4) is 0 Å². The maximum Gasteiger partial charge on any atom is 0.236 e. The summed E-state index contributed by atoms with van der Waals surface area (Å²) in [7, 11) is 0. The smallest absolute Gasteiger partial charge is 0.236 e. The van der Waals surface area contributed by atoms with Crippen LogP contribution in [0.1, 0.15) is 23.2 Å². The molecule has 7 nitrogen and oxygen atoms in total. The predicted octanol–water partition coefficient (Wildman–Crippen LogP) is 0.366. The minimum atomic E-state index is 0.0961. The summed E-state index contributed by atoms with van der Waals surface area (Å²) in [5.74, 6) is 0.824.